The van der Waals surface area contributed by atoms with E-state index in [-0.39, 0.29) is 0 Å². The third kappa shape index (κ3) is 3.81. The second-order valence-corrected chi connectivity index (χ2v) is 7.04. The average Bonchev–Trinajstić information content (AvgIpc) is 3.22. The Balaban J connectivity index is 1.42. The van der Waals surface area contributed by atoms with Crippen molar-refractivity contribution in [1.29, 1.82) is 0 Å². The minimum Gasteiger partial charge on any atom is -0.348 e. The Kier molecular flexibility index (Phi) is 5.09. The van der Waals surface area contributed by atoms with Crippen LogP contribution in [0.4, 0.5) is 5.95 Å². The van der Waals surface area contributed by atoms with Crippen molar-refractivity contribution in [3.63, 3.8) is 0 Å². The van der Waals surface area contributed by atoms with Crippen molar-refractivity contribution >= 4 is 17.5 Å². The van der Waals surface area contributed by atoms with E-state index in [0.29, 0.717) is 12.5 Å². The van der Waals surface area contributed by atoms with Crippen LogP contribution < -0.4 is 5.32 Å². The summed E-state index contributed by atoms with van der Waals surface area (Å²) >= 11 is 6.45. The Labute approximate surface area is 163 Å². The Morgan fingerprint density at radius 3 is 2.78 bits per heavy atom. The minimum atomic E-state index is 0.610. The number of anilines is 1. The molecule has 0 saturated carbocycles. The van der Waals surface area contributed by atoms with Crippen LogP contribution in [0, 0.1) is 0 Å². The number of halogens is 1. The van der Waals surface area contributed by atoms with Gasteiger partial charge in [-0.25, -0.2) is 9.97 Å². The van der Waals surface area contributed by atoms with Crippen LogP contribution in [0.2, 0.25) is 5.15 Å². The quantitative estimate of drug-likeness (QED) is 0.700. The fourth-order valence-corrected chi connectivity index (χ4v) is 3.63. The second kappa shape index (κ2) is 7.66. The van der Waals surface area contributed by atoms with Gasteiger partial charge in [0.25, 0.3) is 0 Å². The molecule has 0 fully saturated rings. The predicted octanol–water partition coefficient (Wildman–Crippen LogP) is 2.25. The summed E-state index contributed by atoms with van der Waals surface area (Å²) in [5.41, 5.74) is 4.42. The summed E-state index contributed by atoms with van der Waals surface area (Å²) in [5, 5.41) is 13.1. The molecule has 0 saturated heterocycles. The highest BCUT2D eigenvalue weighted by Gasteiger charge is 2.22. The van der Waals surface area contributed by atoms with Gasteiger partial charge in [-0.2, -0.15) is 10.2 Å². The molecule has 1 aliphatic rings. The van der Waals surface area contributed by atoms with Crippen LogP contribution in [0.15, 0.2) is 24.5 Å². The molecule has 0 atom stereocenters. The molecular formula is C18H23ClN8. The van der Waals surface area contributed by atoms with Gasteiger partial charge in [0.2, 0.25) is 5.95 Å². The van der Waals surface area contributed by atoms with Crippen LogP contribution in [0.5, 0.6) is 0 Å². The summed E-state index contributed by atoms with van der Waals surface area (Å²) in [6, 6.07) is 3.95. The largest absolute Gasteiger partial charge is 0.348 e. The third-order valence-corrected chi connectivity index (χ3v) is 5.26. The van der Waals surface area contributed by atoms with Gasteiger partial charge in [0, 0.05) is 44.6 Å². The van der Waals surface area contributed by atoms with Crippen molar-refractivity contribution in [3.8, 4) is 0 Å². The molecule has 0 unspecified atom stereocenters. The summed E-state index contributed by atoms with van der Waals surface area (Å²) in [5.74, 6) is 0.614. The summed E-state index contributed by atoms with van der Waals surface area (Å²) in [4.78, 5) is 10.8. The fraction of sp³-hybridized carbons (Fsp3) is 0.444. The summed E-state index contributed by atoms with van der Waals surface area (Å²) in [6.07, 6.45) is 4.33. The van der Waals surface area contributed by atoms with Gasteiger partial charge in [0.15, 0.2) is 0 Å². The van der Waals surface area contributed by atoms with Crippen molar-refractivity contribution in [2.75, 3.05) is 11.9 Å². The van der Waals surface area contributed by atoms with E-state index in [1.165, 1.54) is 5.69 Å². The van der Waals surface area contributed by atoms with Crippen molar-refractivity contribution in [2.24, 2.45) is 7.05 Å². The number of rotatable bonds is 6. The SMILES string of the molecule is CCc1nn(C)c(Cl)c1CN1CCn2nc(CNc3ncccn3)cc2C1. The maximum atomic E-state index is 6.45. The summed E-state index contributed by atoms with van der Waals surface area (Å²) < 4.78 is 3.85. The molecular weight excluding hydrogens is 364 g/mol. The number of hydrogen-bond acceptors (Lipinski definition) is 6. The first-order chi connectivity index (χ1) is 13.1. The molecule has 4 heterocycles. The number of fused-ring (bicyclic) bond motifs is 1. The highest BCUT2D eigenvalue weighted by atomic mass is 35.5. The van der Waals surface area contributed by atoms with Gasteiger partial charge in [0.05, 0.1) is 30.2 Å². The highest BCUT2D eigenvalue weighted by molar-refractivity contribution is 6.30. The van der Waals surface area contributed by atoms with E-state index < -0.39 is 0 Å². The van der Waals surface area contributed by atoms with E-state index in [1.807, 2.05) is 7.05 Å². The smallest absolute Gasteiger partial charge is 0.222 e. The summed E-state index contributed by atoms with van der Waals surface area (Å²) in [7, 11) is 1.89. The van der Waals surface area contributed by atoms with Crippen molar-refractivity contribution in [1.82, 2.24) is 34.4 Å². The molecule has 9 heteroatoms. The van der Waals surface area contributed by atoms with E-state index in [9.17, 15) is 0 Å². The van der Waals surface area contributed by atoms with Gasteiger partial charge in [0.1, 0.15) is 5.15 Å². The highest BCUT2D eigenvalue weighted by Crippen LogP contribution is 2.24. The fourth-order valence-electron chi connectivity index (χ4n) is 3.43. The van der Waals surface area contributed by atoms with Crippen LogP contribution >= 0.6 is 11.6 Å². The number of aromatic nitrogens is 6. The molecule has 1 N–H and O–H groups in total. The van der Waals surface area contributed by atoms with Crippen LogP contribution in [0.25, 0.3) is 0 Å². The molecule has 0 spiro atoms. The molecule has 27 heavy (non-hydrogen) atoms. The van der Waals surface area contributed by atoms with Gasteiger partial charge in [-0.1, -0.05) is 18.5 Å². The lowest BCUT2D eigenvalue weighted by Gasteiger charge is -2.27. The lowest BCUT2D eigenvalue weighted by Crippen LogP contribution is -2.33. The van der Waals surface area contributed by atoms with Crippen LogP contribution in [0.1, 0.15) is 29.6 Å². The van der Waals surface area contributed by atoms with Crippen LogP contribution in [-0.2, 0) is 39.6 Å². The molecule has 4 rings (SSSR count). The van der Waals surface area contributed by atoms with Crippen LogP contribution in [-0.4, -0.2) is 41.0 Å². The Morgan fingerprint density at radius 1 is 1.19 bits per heavy atom. The molecule has 0 aliphatic carbocycles. The first kappa shape index (κ1) is 17.9. The maximum Gasteiger partial charge on any atom is 0.222 e. The topological polar surface area (TPSA) is 76.7 Å². The zero-order valence-corrected chi connectivity index (χ0v) is 16.3. The number of nitrogens with zero attached hydrogens (tertiary/aromatic N) is 7. The van der Waals surface area contributed by atoms with Gasteiger partial charge in [-0.15, -0.1) is 0 Å². The van der Waals surface area contributed by atoms with E-state index in [1.54, 1.807) is 23.1 Å². The Morgan fingerprint density at radius 2 is 2.00 bits per heavy atom. The third-order valence-electron chi connectivity index (χ3n) is 4.79. The maximum absolute atomic E-state index is 6.45. The first-order valence-corrected chi connectivity index (χ1v) is 9.51. The van der Waals surface area contributed by atoms with Gasteiger partial charge in [-0.3, -0.25) is 14.3 Å². The standard InChI is InChI=1S/C18H23ClN8/c1-3-16-15(17(19)25(2)24-16)12-26-7-8-27-14(11-26)9-13(23-27)10-22-18-20-5-4-6-21-18/h4-6,9H,3,7-8,10-12H2,1-2H3,(H,20,21,22). The average molecular weight is 387 g/mol. The first-order valence-electron chi connectivity index (χ1n) is 9.13. The van der Waals surface area contributed by atoms with Gasteiger partial charge < -0.3 is 5.32 Å². The Bertz CT molecular complexity index is 917. The Hall–Kier alpha value is -2.45. The van der Waals surface area contributed by atoms with Crippen molar-refractivity contribution < 1.29 is 0 Å². The van der Waals surface area contributed by atoms with Gasteiger partial charge in [-0.05, 0) is 18.6 Å². The van der Waals surface area contributed by atoms with Crippen LogP contribution in [0.3, 0.4) is 0 Å². The molecule has 0 radical (unpaired) electrons. The van der Waals surface area contributed by atoms with E-state index in [0.717, 1.165) is 54.7 Å². The summed E-state index contributed by atoms with van der Waals surface area (Å²) in [6.45, 7) is 6.20. The number of hydrogen-bond donors (Lipinski definition) is 1. The zero-order chi connectivity index (χ0) is 18.8. The zero-order valence-electron chi connectivity index (χ0n) is 15.6. The van der Waals surface area contributed by atoms with E-state index in [4.69, 9.17) is 16.7 Å². The monoisotopic (exact) mass is 386 g/mol. The molecule has 1 aliphatic heterocycles. The second-order valence-electron chi connectivity index (χ2n) is 6.68. The molecule has 142 valence electrons. The van der Waals surface area contributed by atoms with E-state index >= 15 is 0 Å². The van der Waals surface area contributed by atoms with Crippen molar-refractivity contribution in [3.05, 3.63) is 52.3 Å². The minimum absolute atomic E-state index is 0.610. The molecule has 3 aromatic heterocycles. The molecule has 8 nitrogen and oxygen atoms in total. The van der Waals surface area contributed by atoms with Crippen molar-refractivity contribution in [2.45, 2.75) is 39.5 Å². The lowest BCUT2D eigenvalue weighted by atomic mass is 10.2. The molecule has 0 aromatic carbocycles. The van der Waals surface area contributed by atoms with Gasteiger partial charge >= 0.3 is 0 Å². The molecule has 0 bridgehead atoms. The van der Waals surface area contributed by atoms with E-state index in [2.05, 4.69) is 43.0 Å². The predicted molar refractivity (Wildman–Crippen MR) is 103 cm³/mol. The number of aryl methyl sites for hydroxylation is 2. The number of nitrogens with one attached hydrogen (secondary N) is 1. The normalized spacial score (nSPS) is 14.3. The molecule has 3 aromatic rings. The lowest BCUT2D eigenvalue weighted by molar-refractivity contribution is 0.204. The molecule has 0 amide bonds.